The second kappa shape index (κ2) is 10.8. The van der Waals surface area contributed by atoms with Crippen molar-refractivity contribution in [3.63, 3.8) is 0 Å². The first-order chi connectivity index (χ1) is 18.0. The van der Waals surface area contributed by atoms with Crippen LogP contribution in [0.25, 0.3) is 12.2 Å². The normalized spacial score (nSPS) is 14.5. The highest BCUT2D eigenvalue weighted by Crippen LogP contribution is 2.32. The fraction of sp³-hybridized carbons (Fsp3) is 0.269. The zero-order valence-electron chi connectivity index (χ0n) is 20.0. The van der Waals surface area contributed by atoms with Gasteiger partial charge in [0.25, 0.3) is 5.56 Å². The maximum Gasteiger partial charge on any atom is 0.333 e. The van der Waals surface area contributed by atoms with Gasteiger partial charge in [-0.3, -0.25) is 14.2 Å². The van der Waals surface area contributed by atoms with Crippen molar-refractivity contribution in [1.29, 1.82) is 0 Å². The van der Waals surface area contributed by atoms with Gasteiger partial charge in [-0.1, -0.05) is 12.1 Å². The maximum atomic E-state index is 13.3. The second-order valence-electron chi connectivity index (χ2n) is 8.10. The lowest BCUT2D eigenvalue weighted by Crippen LogP contribution is -2.38. The molecular weight excluding hydrogens is 500 g/mol. The molecule has 0 atom stereocenters. The van der Waals surface area contributed by atoms with Gasteiger partial charge in [0.2, 0.25) is 12.7 Å². The molecule has 2 aliphatic heterocycles. The molecule has 2 aromatic carbocycles. The quantitative estimate of drug-likeness (QED) is 0.454. The monoisotopic (exact) mass is 524 g/mol. The standard InChI is InChI=1S/C26H24N2O8S/c1-2-32-25(30)12-24-28(14-23(29)27-13-17-4-6-19-21(10-17)36-15-35-19)26(31)22(37-24)11-16-3-5-18-20(9-16)34-8-7-33-18/h3-6,9-12H,2,7-8,13-15H2,1H3,(H,27,29). The summed E-state index contributed by atoms with van der Waals surface area (Å²) in [6, 6.07) is 10.8. The van der Waals surface area contributed by atoms with E-state index in [4.69, 9.17) is 23.7 Å². The van der Waals surface area contributed by atoms with Crippen molar-refractivity contribution in [3.8, 4) is 23.0 Å². The van der Waals surface area contributed by atoms with Crippen LogP contribution in [-0.2, 0) is 27.4 Å². The van der Waals surface area contributed by atoms with Gasteiger partial charge >= 0.3 is 5.97 Å². The van der Waals surface area contributed by atoms with Gasteiger partial charge in [0.05, 0.1) is 17.2 Å². The summed E-state index contributed by atoms with van der Waals surface area (Å²) in [5.41, 5.74) is 1.15. The van der Waals surface area contributed by atoms with Crippen LogP contribution in [0.15, 0.2) is 41.2 Å². The van der Waals surface area contributed by atoms with E-state index in [0.29, 0.717) is 45.4 Å². The molecule has 10 nitrogen and oxygen atoms in total. The minimum atomic E-state index is -0.593. The van der Waals surface area contributed by atoms with Crippen LogP contribution in [0.1, 0.15) is 18.1 Å². The van der Waals surface area contributed by atoms with Gasteiger partial charge in [-0.25, -0.2) is 4.79 Å². The van der Waals surface area contributed by atoms with Crippen LogP contribution >= 0.6 is 11.3 Å². The zero-order valence-corrected chi connectivity index (χ0v) is 20.8. The average molecular weight is 525 g/mol. The third-order valence-electron chi connectivity index (χ3n) is 5.56. The van der Waals surface area contributed by atoms with E-state index in [1.54, 1.807) is 37.3 Å². The largest absolute Gasteiger partial charge is 0.486 e. The molecule has 1 aromatic heterocycles. The molecule has 0 saturated carbocycles. The molecule has 0 saturated heterocycles. The van der Waals surface area contributed by atoms with E-state index in [1.807, 2.05) is 12.1 Å². The van der Waals surface area contributed by atoms with Crippen molar-refractivity contribution in [2.45, 2.75) is 20.0 Å². The molecule has 3 heterocycles. The minimum Gasteiger partial charge on any atom is -0.486 e. The average Bonchev–Trinajstić information content (AvgIpc) is 3.47. The predicted octanol–water partition coefficient (Wildman–Crippen LogP) is 0.898. The van der Waals surface area contributed by atoms with Crippen LogP contribution in [0.3, 0.4) is 0 Å². The summed E-state index contributed by atoms with van der Waals surface area (Å²) >= 11 is 1.10. The third kappa shape index (κ3) is 5.61. The Morgan fingerprint density at radius 3 is 2.59 bits per heavy atom. The van der Waals surface area contributed by atoms with E-state index in [0.717, 1.165) is 22.5 Å². The van der Waals surface area contributed by atoms with Crippen molar-refractivity contribution < 1.29 is 33.3 Å². The number of hydrogen-bond donors (Lipinski definition) is 1. The summed E-state index contributed by atoms with van der Waals surface area (Å²) in [4.78, 5) is 38.2. The lowest BCUT2D eigenvalue weighted by molar-refractivity contribution is -0.135. The number of nitrogens with one attached hydrogen (secondary N) is 1. The minimum absolute atomic E-state index is 0.164. The van der Waals surface area contributed by atoms with Crippen LogP contribution in [0.4, 0.5) is 0 Å². The Kier molecular flexibility index (Phi) is 7.13. The third-order valence-corrected chi connectivity index (χ3v) is 6.62. The SMILES string of the molecule is CCOC(=O)C=c1sc(=Cc2ccc3c(c2)OCCO3)c(=O)n1CC(=O)NCc1ccc2c(c1)OCO2. The fourth-order valence-electron chi connectivity index (χ4n) is 3.83. The number of rotatable bonds is 7. The Hall–Kier alpha value is -4.25. The number of carbonyl (C=O) groups excluding carboxylic acids is 2. The van der Waals surface area contributed by atoms with Gasteiger partial charge < -0.3 is 29.0 Å². The molecule has 2 aliphatic rings. The predicted molar refractivity (Wildman–Crippen MR) is 134 cm³/mol. The number of benzene rings is 2. The molecule has 0 unspecified atom stereocenters. The first-order valence-corrected chi connectivity index (χ1v) is 12.5. The van der Waals surface area contributed by atoms with E-state index in [-0.39, 0.29) is 32.4 Å². The van der Waals surface area contributed by atoms with E-state index >= 15 is 0 Å². The van der Waals surface area contributed by atoms with Crippen molar-refractivity contribution in [2.24, 2.45) is 0 Å². The van der Waals surface area contributed by atoms with E-state index in [9.17, 15) is 14.4 Å². The van der Waals surface area contributed by atoms with Crippen molar-refractivity contribution in [2.75, 3.05) is 26.6 Å². The van der Waals surface area contributed by atoms with Gasteiger partial charge in [-0.05, 0) is 48.4 Å². The van der Waals surface area contributed by atoms with Gasteiger partial charge in [-0.2, -0.15) is 0 Å². The number of esters is 1. The van der Waals surface area contributed by atoms with Crippen LogP contribution in [0.2, 0.25) is 0 Å². The molecule has 5 rings (SSSR count). The van der Waals surface area contributed by atoms with Crippen molar-refractivity contribution in [1.82, 2.24) is 9.88 Å². The smallest absolute Gasteiger partial charge is 0.333 e. The first kappa shape index (κ1) is 24.4. The molecule has 1 amide bonds. The number of aromatic nitrogens is 1. The summed E-state index contributed by atoms with van der Waals surface area (Å²) < 4.78 is 28.8. The van der Waals surface area contributed by atoms with E-state index in [2.05, 4.69) is 5.32 Å². The van der Waals surface area contributed by atoms with Crippen LogP contribution in [0.5, 0.6) is 23.0 Å². The number of nitrogens with zero attached hydrogens (tertiary/aromatic N) is 1. The number of fused-ring (bicyclic) bond motifs is 2. The Morgan fingerprint density at radius 2 is 1.76 bits per heavy atom. The molecule has 3 aromatic rings. The summed E-state index contributed by atoms with van der Waals surface area (Å²) in [6.07, 6.45) is 2.91. The Balaban J connectivity index is 1.40. The maximum absolute atomic E-state index is 13.3. The molecule has 0 fully saturated rings. The van der Waals surface area contributed by atoms with Gasteiger partial charge in [0, 0.05) is 6.54 Å². The lowest BCUT2D eigenvalue weighted by atomic mass is 10.2. The van der Waals surface area contributed by atoms with Crippen molar-refractivity contribution >= 4 is 35.4 Å². The van der Waals surface area contributed by atoms with Crippen LogP contribution in [0, 0.1) is 0 Å². The topological polar surface area (TPSA) is 114 Å². The Labute approximate surface area is 215 Å². The van der Waals surface area contributed by atoms with E-state index in [1.165, 1.54) is 10.6 Å². The Morgan fingerprint density at radius 1 is 1.03 bits per heavy atom. The summed E-state index contributed by atoms with van der Waals surface area (Å²) in [7, 11) is 0. The summed E-state index contributed by atoms with van der Waals surface area (Å²) in [6.45, 7) is 2.95. The van der Waals surface area contributed by atoms with Gasteiger partial charge in [0.15, 0.2) is 23.0 Å². The molecule has 192 valence electrons. The zero-order chi connectivity index (χ0) is 25.8. The molecular formula is C26H24N2O8S. The summed E-state index contributed by atoms with van der Waals surface area (Å²) in [5, 5.41) is 2.80. The molecule has 0 bridgehead atoms. The summed E-state index contributed by atoms with van der Waals surface area (Å²) in [5.74, 6) is 1.53. The molecule has 0 radical (unpaired) electrons. The highest BCUT2D eigenvalue weighted by atomic mass is 32.1. The van der Waals surface area contributed by atoms with E-state index < -0.39 is 11.5 Å². The number of ether oxygens (including phenoxy) is 5. The van der Waals surface area contributed by atoms with Gasteiger partial charge in [0.1, 0.15) is 24.4 Å². The second-order valence-corrected chi connectivity index (χ2v) is 9.17. The highest BCUT2D eigenvalue weighted by molar-refractivity contribution is 7.07. The fourth-order valence-corrected chi connectivity index (χ4v) is 4.86. The molecule has 37 heavy (non-hydrogen) atoms. The van der Waals surface area contributed by atoms with Gasteiger partial charge in [-0.15, -0.1) is 11.3 Å². The number of thiazole rings is 1. The van der Waals surface area contributed by atoms with Crippen LogP contribution < -0.4 is 39.0 Å². The number of carbonyl (C=O) groups is 2. The number of hydrogen-bond acceptors (Lipinski definition) is 9. The molecule has 0 spiro atoms. The first-order valence-electron chi connectivity index (χ1n) is 11.6. The lowest BCUT2D eigenvalue weighted by Gasteiger charge is -2.18. The van der Waals surface area contributed by atoms with Crippen LogP contribution in [-0.4, -0.2) is 43.1 Å². The molecule has 11 heteroatoms. The number of amides is 1. The molecule has 0 aliphatic carbocycles. The highest BCUT2D eigenvalue weighted by Gasteiger charge is 2.15. The Bertz CT molecular complexity index is 1520. The van der Waals surface area contributed by atoms with Crippen molar-refractivity contribution in [3.05, 3.63) is 67.1 Å². The molecule has 1 N–H and O–H groups in total.